The van der Waals surface area contributed by atoms with E-state index in [2.05, 4.69) is 37.0 Å². The van der Waals surface area contributed by atoms with Gasteiger partial charge in [-0.3, -0.25) is 4.98 Å². The molecule has 1 aliphatic heterocycles. The summed E-state index contributed by atoms with van der Waals surface area (Å²) in [5, 5.41) is 4.27. The van der Waals surface area contributed by atoms with E-state index in [1.54, 1.807) is 6.20 Å². The van der Waals surface area contributed by atoms with Gasteiger partial charge in [0.2, 0.25) is 5.89 Å². The number of nitrogens with zero attached hydrogens (tertiary/aromatic N) is 3. The summed E-state index contributed by atoms with van der Waals surface area (Å²) in [5.41, 5.74) is 1.34. The van der Waals surface area contributed by atoms with Crippen molar-refractivity contribution < 1.29 is 9.26 Å². The van der Waals surface area contributed by atoms with Gasteiger partial charge in [-0.25, -0.2) is 0 Å². The molecule has 2 fully saturated rings. The van der Waals surface area contributed by atoms with Crippen molar-refractivity contribution in [2.24, 2.45) is 5.41 Å². The topological polar surface area (TPSA) is 61.0 Å². The Labute approximate surface area is 136 Å². The van der Waals surface area contributed by atoms with Gasteiger partial charge < -0.3 is 9.26 Å². The zero-order valence-electron chi connectivity index (χ0n) is 13.9. The highest BCUT2D eigenvalue weighted by Gasteiger charge is 2.45. The molecule has 1 saturated heterocycles. The minimum atomic E-state index is 0.0831. The molecule has 2 aliphatic rings. The lowest BCUT2D eigenvalue weighted by molar-refractivity contribution is 0.0193. The van der Waals surface area contributed by atoms with E-state index in [0.29, 0.717) is 11.8 Å². The van der Waals surface area contributed by atoms with E-state index in [4.69, 9.17) is 14.2 Å². The molecule has 0 bridgehead atoms. The minimum Gasteiger partial charge on any atom is -0.377 e. The smallest absolute Gasteiger partial charge is 0.230 e. The monoisotopic (exact) mass is 313 g/mol. The molecule has 0 spiro atoms. The molecule has 122 valence electrons. The standard InChI is InChI=1S/C18H23N3O2/c1-18(2,3)15-12(6-8-22-15)16-20-17(23-21-16)14-9-13(14)11-5-4-7-19-10-11/h4-5,7,10,12-15H,6,8-9H2,1-3H3/t12-,13+,14-,15-/m0/s1. The Balaban J connectivity index is 1.50. The Morgan fingerprint density at radius 2 is 2.04 bits per heavy atom. The van der Waals surface area contributed by atoms with Crippen LogP contribution >= 0.6 is 0 Å². The van der Waals surface area contributed by atoms with E-state index in [9.17, 15) is 0 Å². The van der Waals surface area contributed by atoms with Crippen LogP contribution in [0.25, 0.3) is 0 Å². The average molecular weight is 313 g/mol. The van der Waals surface area contributed by atoms with Gasteiger partial charge in [0.05, 0.1) is 12.0 Å². The van der Waals surface area contributed by atoms with Gasteiger partial charge in [-0.2, -0.15) is 4.98 Å². The predicted octanol–water partition coefficient (Wildman–Crippen LogP) is 3.65. The van der Waals surface area contributed by atoms with Crippen LogP contribution in [-0.2, 0) is 4.74 Å². The lowest BCUT2D eigenvalue weighted by atomic mass is 9.81. The number of pyridine rings is 1. The Kier molecular flexibility index (Phi) is 3.48. The Hall–Kier alpha value is -1.75. The summed E-state index contributed by atoms with van der Waals surface area (Å²) in [5.74, 6) is 2.64. The fourth-order valence-electron chi connectivity index (χ4n) is 3.69. The molecule has 0 aromatic carbocycles. The highest BCUT2D eigenvalue weighted by Crippen LogP contribution is 2.54. The third-order valence-corrected chi connectivity index (χ3v) is 4.95. The van der Waals surface area contributed by atoms with Crippen molar-refractivity contribution in [3.8, 4) is 0 Å². The molecule has 0 N–H and O–H groups in total. The van der Waals surface area contributed by atoms with E-state index in [0.717, 1.165) is 31.2 Å². The number of hydrogen-bond acceptors (Lipinski definition) is 5. The number of ether oxygens (including phenoxy) is 1. The number of aromatic nitrogens is 3. The molecular weight excluding hydrogens is 290 g/mol. The van der Waals surface area contributed by atoms with Crippen LogP contribution in [0.2, 0.25) is 0 Å². The Morgan fingerprint density at radius 1 is 1.17 bits per heavy atom. The SMILES string of the molecule is CC(C)(C)[C@H]1OCC[C@@H]1c1noc([C@H]2C[C@@H]2c2cccnc2)n1. The molecule has 0 unspecified atom stereocenters. The first-order valence-corrected chi connectivity index (χ1v) is 8.39. The van der Waals surface area contributed by atoms with Gasteiger partial charge in [-0.15, -0.1) is 0 Å². The van der Waals surface area contributed by atoms with Crippen LogP contribution in [0.15, 0.2) is 29.0 Å². The van der Waals surface area contributed by atoms with Crippen molar-refractivity contribution in [1.29, 1.82) is 0 Å². The zero-order valence-corrected chi connectivity index (χ0v) is 13.9. The van der Waals surface area contributed by atoms with Gasteiger partial charge in [-0.05, 0) is 35.8 Å². The number of hydrogen-bond donors (Lipinski definition) is 0. The molecule has 0 amide bonds. The Bertz CT molecular complexity index is 677. The lowest BCUT2D eigenvalue weighted by Crippen LogP contribution is -2.30. The molecule has 4 atom stereocenters. The summed E-state index contributed by atoms with van der Waals surface area (Å²) in [6, 6.07) is 4.10. The quantitative estimate of drug-likeness (QED) is 0.865. The third-order valence-electron chi connectivity index (χ3n) is 4.95. The van der Waals surface area contributed by atoms with Crippen LogP contribution in [0.4, 0.5) is 0 Å². The van der Waals surface area contributed by atoms with Gasteiger partial charge in [0, 0.05) is 24.9 Å². The molecular formula is C18H23N3O2. The molecule has 1 saturated carbocycles. The molecule has 4 rings (SSSR count). The van der Waals surface area contributed by atoms with Crippen LogP contribution in [0, 0.1) is 5.41 Å². The summed E-state index contributed by atoms with van der Waals surface area (Å²) >= 11 is 0. The van der Waals surface area contributed by atoms with E-state index in [1.165, 1.54) is 5.56 Å². The molecule has 2 aromatic rings. The van der Waals surface area contributed by atoms with Crippen molar-refractivity contribution in [1.82, 2.24) is 15.1 Å². The molecule has 23 heavy (non-hydrogen) atoms. The normalized spacial score (nSPS) is 30.6. The van der Waals surface area contributed by atoms with Crippen molar-refractivity contribution in [2.75, 3.05) is 6.61 Å². The van der Waals surface area contributed by atoms with E-state index in [1.807, 2.05) is 12.3 Å². The van der Waals surface area contributed by atoms with Crippen LogP contribution in [0.1, 0.15) is 68.6 Å². The van der Waals surface area contributed by atoms with Gasteiger partial charge in [0.25, 0.3) is 0 Å². The van der Waals surface area contributed by atoms with Gasteiger partial charge in [0.15, 0.2) is 5.82 Å². The van der Waals surface area contributed by atoms with Crippen LogP contribution in [0.3, 0.4) is 0 Å². The molecule has 3 heterocycles. The second-order valence-electron chi connectivity index (χ2n) is 7.78. The molecule has 5 nitrogen and oxygen atoms in total. The fourth-order valence-corrected chi connectivity index (χ4v) is 3.69. The van der Waals surface area contributed by atoms with Crippen molar-refractivity contribution in [3.05, 3.63) is 41.8 Å². The first-order chi connectivity index (χ1) is 11.0. The van der Waals surface area contributed by atoms with E-state index < -0.39 is 0 Å². The predicted molar refractivity (Wildman–Crippen MR) is 85.2 cm³/mol. The summed E-state index contributed by atoms with van der Waals surface area (Å²) in [6.07, 6.45) is 5.93. The van der Waals surface area contributed by atoms with Crippen molar-refractivity contribution in [3.63, 3.8) is 0 Å². The maximum atomic E-state index is 5.93. The summed E-state index contributed by atoms with van der Waals surface area (Å²) < 4.78 is 11.5. The molecule has 0 radical (unpaired) electrons. The second-order valence-corrected chi connectivity index (χ2v) is 7.78. The van der Waals surface area contributed by atoms with E-state index >= 15 is 0 Å². The van der Waals surface area contributed by atoms with Crippen LogP contribution < -0.4 is 0 Å². The fraction of sp³-hybridized carbons (Fsp3) is 0.611. The summed E-state index contributed by atoms with van der Waals surface area (Å²) in [6.45, 7) is 7.39. The molecule has 1 aliphatic carbocycles. The Morgan fingerprint density at radius 3 is 2.78 bits per heavy atom. The van der Waals surface area contributed by atoms with Gasteiger partial charge in [-0.1, -0.05) is 32.0 Å². The first-order valence-electron chi connectivity index (χ1n) is 8.39. The first kappa shape index (κ1) is 14.8. The average Bonchev–Trinajstić information content (AvgIpc) is 2.97. The van der Waals surface area contributed by atoms with E-state index in [-0.39, 0.29) is 17.4 Å². The largest absolute Gasteiger partial charge is 0.377 e. The minimum absolute atomic E-state index is 0.0831. The zero-order chi connectivity index (χ0) is 16.0. The van der Waals surface area contributed by atoms with Crippen LogP contribution in [-0.4, -0.2) is 27.8 Å². The van der Waals surface area contributed by atoms with Crippen molar-refractivity contribution in [2.45, 2.75) is 57.5 Å². The summed E-state index contributed by atoms with van der Waals surface area (Å²) in [7, 11) is 0. The summed E-state index contributed by atoms with van der Waals surface area (Å²) in [4.78, 5) is 8.91. The third kappa shape index (κ3) is 2.78. The highest BCUT2D eigenvalue weighted by atomic mass is 16.5. The molecule has 5 heteroatoms. The maximum Gasteiger partial charge on any atom is 0.230 e. The number of rotatable bonds is 3. The van der Waals surface area contributed by atoms with Gasteiger partial charge in [0.1, 0.15) is 0 Å². The van der Waals surface area contributed by atoms with Crippen LogP contribution in [0.5, 0.6) is 0 Å². The second kappa shape index (κ2) is 5.41. The maximum absolute atomic E-state index is 5.93. The highest BCUT2D eigenvalue weighted by molar-refractivity contribution is 5.28. The van der Waals surface area contributed by atoms with Gasteiger partial charge >= 0.3 is 0 Å². The molecule has 2 aromatic heterocycles. The lowest BCUT2D eigenvalue weighted by Gasteiger charge is -2.29. The van der Waals surface area contributed by atoms with Crippen molar-refractivity contribution >= 4 is 0 Å².